The van der Waals surface area contributed by atoms with E-state index in [1.807, 2.05) is 31.2 Å². The van der Waals surface area contributed by atoms with Gasteiger partial charge in [0.1, 0.15) is 5.01 Å². The van der Waals surface area contributed by atoms with Gasteiger partial charge in [-0.15, -0.1) is 11.3 Å². The predicted octanol–water partition coefficient (Wildman–Crippen LogP) is 4.29. The molecule has 22 heavy (non-hydrogen) atoms. The number of hydrogen-bond acceptors (Lipinski definition) is 4. The predicted molar refractivity (Wildman–Crippen MR) is 92.1 cm³/mol. The van der Waals surface area contributed by atoms with Gasteiger partial charge in [-0.1, -0.05) is 12.1 Å². The topological polar surface area (TPSA) is 46.1 Å². The number of carbonyl (C=O) groups excluding carboxylic acids is 1. The highest BCUT2D eigenvalue weighted by Crippen LogP contribution is 2.29. The minimum Gasteiger partial charge on any atom is -0.332 e. The lowest BCUT2D eigenvalue weighted by atomic mass is 10.2. The lowest BCUT2D eigenvalue weighted by Crippen LogP contribution is -2.29. The molecule has 4 nitrogen and oxygen atoms in total. The van der Waals surface area contributed by atoms with Gasteiger partial charge in [0.2, 0.25) is 0 Å². The van der Waals surface area contributed by atoms with Crippen molar-refractivity contribution in [1.29, 1.82) is 0 Å². The lowest BCUT2D eigenvalue weighted by Gasteiger charge is -2.23. The second-order valence-electron chi connectivity index (χ2n) is 5.00. The summed E-state index contributed by atoms with van der Waals surface area (Å²) < 4.78 is 1.92. The van der Waals surface area contributed by atoms with Gasteiger partial charge in [-0.2, -0.15) is 0 Å². The quantitative estimate of drug-likeness (QED) is 0.685. The van der Waals surface area contributed by atoms with Crippen LogP contribution < -0.4 is 0 Å². The summed E-state index contributed by atoms with van der Waals surface area (Å²) in [5.41, 5.74) is 1.53. The number of pyridine rings is 1. The molecule has 0 fully saturated rings. The van der Waals surface area contributed by atoms with E-state index in [0.29, 0.717) is 5.56 Å². The highest BCUT2D eigenvalue weighted by atomic mass is 79.9. The van der Waals surface area contributed by atoms with Crippen molar-refractivity contribution in [3.8, 4) is 0 Å². The summed E-state index contributed by atoms with van der Waals surface area (Å²) in [4.78, 5) is 22.9. The SMILES string of the molecule is C[C@@H](c1nc2ccccc2s1)N(C)C(=O)c1cncc(Br)c1. The molecule has 0 N–H and O–H groups in total. The Balaban J connectivity index is 1.87. The van der Waals surface area contributed by atoms with Gasteiger partial charge in [-0.3, -0.25) is 9.78 Å². The van der Waals surface area contributed by atoms with Crippen LogP contribution in [0, 0.1) is 0 Å². The first kappa shape index (κ1) is 15.1. The summed E-state index contributed by atoms with van der Waals surface area (Å²) >= 11 is 4.96. The molecule has 1 atom stereocenters. The number of carbonyl (C=O) groups is 1. The van der Waals surface area contributed by atoms with Crippen molar-refractivity contribution in [2.75, 3.05) is 7.05 Å². The van der Waals surface area contributed by atoms with Crippen LogP contribution in [0.1, 0.15) is 28.3 Å². The monoisotopic (exact) mass is 375 g/mol. The minimum absolute atomic E-state index is 0.0689. The molecule has 0 radical (unpaired) electrons. The van der Waals surface area contributed by atoms with E-state index in [0.717, 1.165) is 19.7 Å². The number of fused-ring (bicyclic) bond motifs is 1. The van der Waals surface area contributed by atoms with Crippen molar-refractivity contribution in [2.45, 2.75) is 13.0 Å². The van der Waals surface area contributed by atoms with Crippen molar-refractivity contribution < 1.29 is 4.79 Å². The Bertz CT molecular complexity index is 800. The first-order chi connectivity index (χ1) is 10.6. The Kier molecular flexibility index (Phi) is 4.22. The molecule has 3 rings (SSSR count). The number of halogens is 1. The first-order valence-corrected chi connectivity index (χ1v) is 8.40. The zero-order chi connectivity index (χ0) is 15.7. The standard InChI is InChI=1S/C16H14BrN3OS/c1-10(15-19-13-5-3-4-6-14(13)22-15)20(2)16(21)11-7-12(17)9-18-8-11/h3-10H,1-2H3/t10-/m0/s1. The van der Waals surface area contributed by atoms with Crippen molar-refractivity contribution in [3.63, 3.8) is 0 Å². The molecule has 1 aromatic carbocycles. The molecule has 0 saturated heterocycles. The summed E-state index contributed by atoms with van der Waals surface area (Å²) in [5, 5.41) is 0.931. The molecule has 0 aliphatic rings. The van der Waals surface area contributed by atoms with Gasteiger partial charge in [-0.05, 0) is 41.1 Å². The molecule has 1 amide bonds. The van der Waals surface area contributed by atoms with Gasteiger partial charge in [0.25, 0.3) is 5.91 Å². The lowest BCUT2D eigenvalue weighted by molar-refractivity contribution is 0.0742. The number of hydrogen-bond donors (Lipinski definition) is 0. The van der Waals surface area contributed by atoms with Crippen molar-refractivity contribution in [3.05, 3.63) is 57.8 Å². The molecule has 0 aliphatic carbocycles. The number of nitrogens with zero attached hydrogens (tertiary/aromatic N) is 3. The maximum atomic E-state index is 12.6. The zero-order valence-electron chi connectivity index (χ0n) is 12.2. The molecule has 0 saturated carbocycles. The van der Waals surface area contributed by atoms with Gasteiger partial charge in [0, 0.05) is 23.9 Å². The number of benzene rings is 1. The third kappa shape index (κ3) is 2.89. The summed E-state index contributed by atoms with van der Waals surface area (Å²) in [5.74, 6) is -0.0689. The van der Waals surface area contributed by atoms with Crippen molar-refractivity contribution >= 4 is 43.4 Å². The third-order valence-electron chi connectivity index (χ3n) is 3.52. The van der Waals surface area contributed by atoms with Gasteiger partial charge in [0.15, 0.2) is 0 Å². The molecule has 0 spiro atoms. The third-order valence-corrected chi connectivity index (χ3v) is 5.16. The van der Waals surface area contributed by atoms with Crippen LogP contribution >= 0.6 is 27.3 Å². The summed E-state index contributed by atoms with van der Waals surface area (Å²) in [6.45, 7) is 1.99. The molecular formula is C16H14BrN3OS. The smallest absolute Gasteiger partial charge is 0.255 e. The Hall–Kier alpha value is -1.79. The maximum Gasteiger partial charge on any atom is 0.255 e. The Morgan fingerprint density at radius 1 is 1.32 bits per heavy atom. The van der Waals surface area contributed by atoms with Gasteiger partial charge in [0.05, 0.1) is 21.8 Å². The fourth-order valence-electron chi connectivity index (χ4n) is 2.14. The van der Waals surface area contributed by atoms with Crippen LogP contribution in [0.2, 0.25) is 0 Å². The van der Waals surface area contributed by atoms with Crippen LogP contribution in [0.5, 0.6) is 0 Å². The maximum absolute atomic E-state index is 12.6. The van der Waals surface area contributed by atoms with E-state index in [9.17, 15) is 4.79 Å². The van der Waals surface area contributed by atoms with Crippen LogP contribution in [0.25, 0.3) is 10.2 Å². The Morgan fingerprint density at radius 2 is 2.09 bits per heavy atom. The van der Waals surface area contributed by atoms with E-state index in [-0.39, 0.29) is 11.9 Å². The van der Waals surface area contributed by atoms with E-state index in [1.54, 1.807) is 41.7 Å². The Morgan fingerprint density at radius 3 is 2.82 bits per heavy atom. The normalized spacial score (nSPS) is 12.3. The fraction of sp³-hybridized carbons (Fsp3) is 0.188. The van der Waals surface area contributed by atoms with E-state index >= 15 is 0 Å². The molecule has 2 heterocycles. The molecule has 0 unspecified atom stereocenters. The van der Waals surface area contributed by atoms with Crippen molar-refractivity contribution in [2.24, 2.45) is 0 Å². The molecule has 0 bridgehead atoms. The number of rotatable bonds is 3. The number of thiazole rings is 1. The molecule has 3 aromatic rings. The van der Waals surface area contributed by atoms with Crippen LogP contribution in [-0.4, -0.2) is 27.8 Å². The summed E-state index contributed by atoms with van der Waals surface area (Å²) in [6.07, 6.45) is 3.24. The van der Waals surface area contributed by atoms with Crippen LogP contribution in [-0.2, 0) is 0 Å². The zero-order valence-corrected chi connectivity index (χ0v) is 14.6. The van der Waals surface area contributed by atoms with Gasteiger partial charge in [-0.25, -0.2) is 4.98 Å². The number of para-hydroxylation sites is 1. The van der Waals surface area contributed by atoms with Gasteiger partial charge >= 0.3 is 0 Å². The van der Waals surface area contributed by atoms with E-state index in [4.69, 9.17) is 0 Å². The van der Waals surface area contributed by atoms with Crippen LogP contribution in [0.15, 0.2) is 47.2 Å². The molecule has 6 heteroatoms. The second-order valence-corrected chi connectivity index (χ2v) is 6.98. The van der Waals surface area contributed by atoms with E-state index in [2.05, 4.69) is 25.9 Å². The number of aromatic nitrogens is 2. The highest BCUT2D eigenvalue weighted by Gasteiger charge is 2.22. The Labute approximate surface area is 140 Å². The van der Waals surface area contributed by atoms with Crippen LogP contribution in [0.4, 0.5) is 0 Å². The highest BCUT2D eigenvalue weighted by molar-refractivity contribution is 9.10. The number of amides is 1. The molecule has 2 aromatic heterocycles. The van der Waals surface area contributed by atoms with Gasteiger partial charge < -0.3 is 4.90 Å². The molecular weight excluding hydrogens is 362 g/mol. The minimum atomic E-state index is -0.0936. The van der Waals surface area contributed by atoms with E-state index in [1.165, 1.54) is 0 Å². The fourth-order valence-corrected chi connectivity index (χ4v) is 3.57. The summed E-state index contributed by atoms with van der Waals surface area (Å²) in [7, 11) is 1.79. The average molecular weight is 376 g/mol. The molecule has 112 valence electrons. The largest absolute Gasteiger partial charge is 0.332 e. The van der Waals surface area contributed by atoms with Crippen molar-refractivity contribution in [1.82, 2.24) is 14.9 Å². The van der Waals surface area contributed by atoms with Crippen LogP contribution in [0.3, 0.4) is 0 Å². The average Bonchev–Trinajstić information content (AvgIpc) is 2.96. The first-order valence-electron chi connectivity index (χ1n) is 6.79. The summed E-state index contributed by atoms with van der Waals surface area (Å²) in [6, 6.07) is 9.68. The van der Waals surface area contributed by atoms with E-state index < -0.39 is 0 Å². The molecule has 0 aliphatic heterocycles. The second kappa shape index (κ2) is 6.14.